The van der Waals surface area contributed by atoms with Crippen molar-refractivity contribution in [3.8, 4) is 0 Å². The van der Waals surface area contributed by atoms with E-state index in [2.05, 4.69) is 10.6 Å². The number of pyridine rings is 1. The van der Waals surface area contributed by atoms with Gasteiger partial charge in [-0.05, 0) is 23.9 Å². The van der Waals surface area contributed by atoms with Gasteiger partial charge >= 0.3 is 0 Å². The van der Waals surface area contributed by atoms with E-state index in [1.807, 2.05) is 19.1 Å². The van der Waals surface area contributed by atoms with Crippen molar-refractivity contribution in [3.05, 3.63) is 46.9 Å². The average Bonchev–Trinajstić information content (AvgIpc) is 2.56. The van der Waals surface area contributed by atoms with Crippen molar-refractivity contribution in [3.63, 3.8) is 0 Å². The monoisotopic (exact) mass is 315 g/mol. The van der Waals surface area contributed by atoms with E-state index < -0.39 is 0 Å². The fourth-order valence-electron chi connectivity index (χ4n) is 2.21. The molecule has 0 fully saturated rings. The third-order valence-electron chi connectivity index (χ3n) is 3.50. The van der Waals surface area contributed by atoms with E-state index in [0.29, 0.717) is 11.9 Å². The molecule has 0 saturated carbocycles. The van der Waals surface area contributed by atoms with Gasteiger partial charge in [0.1, 0.15) is 6.54 Å². The smallest absolute Gasteiger partial charge is 0.258 e. The zero-order valence-electron chi connectivity index (χ0n) is 13.2. The molecule has 0 unspecified atom stereocenters. The molecule has 1 heterocycles. The maximum Gasteiger partial charge on any atom is 0.258 e. The second-order valence-electron chi connectivity index (χ2n) is 5.32. The van der Waals surface area contributed by atoms with E-state index in [1.54, 1.807) is 24.4 Å². The van der Waals surface area contributed by atoms with E-state index in [1.165, 1.54) is 4.57 Å². The summed E-state index contributed by atoms with van der Waals surface area (Å²) in [7, 11) is 0. The number of unbranched alkanes of at least 4 members (excludes halogenated alkanes) is 1. The van der Waals surface area contributed by atoms with E-state index in [9.17, 15) is 14.4 Å². The molecule has 0 saturated heterocycles. The summed E-state index contributed by atoms with van der Waals surface area (Å²) < 4.78 is 1.34. The van der Waals surface area contributed by atoms with Crippen molar-refractivity contribution in [1.29, 1.82) is 0 Å². The summed E-state index contributed by atoms with van der Waals surface area (Å²) in [6.07, 6.45) is 3.50. The molecule has 1 aromatic carbocycles. The third-order valence-corrected chi connectivity index (χ3v) is 3.50. The van der Waals surface area contributed by atoms with Crippen LogP contribution in [-0.4, -0.2) is 29.5 Å². The maximum atomic E-state index is 12.3. The Bertz CT molecular complexity index is 752. The standard InChI is InChI=1S/C17H21N3O3/c1-2-3-9-18-15(21)11-19-16(22)12-20-10-8-13-6-4-5-7-14(13)17(20)23/h4-8,10H,2-3,9,11-12H2,1H3,(H,18,21)(H,19,22). The van der Waals surface area contributed by atoms with Crippen molar-refractivity contribution in [2.24, 2.45) is 0 Å². The first kappa shape index (κ1) is 16.7. The summed E-state index contributed by atoms with van der Waals surface area (Å²) in [5.74, 6) is -0.592. The molecule has 0 spiro atoms. The number of rotatable bonds is 7. The molecule has 0 aliphatic rings. The predicted octanol–water partition coefficient (Wildman–Crippen LogP) is 1.03. The van der Waals surface area contributed by atoms with Crippen LogP contribution in [0.3, 0.4) is 0 Å². The number of carbonyl (C=O) groups is 2. The van der Waals surface area contributed by atoms with Gasteiger partial charge in [0.15, 0.2) is 0 Å². The molecule has 0 aliphatic heterocycles. The summed E-state index contributed by atoms with van der Waals surface area (Å²) in [6, 6.07) is 9.02. The molecule has 0 bridgehead atoms. The lowest BCUT2D eigenvalue weighted by molar-refractivity contribution is -0.126. The largest absolute Gasteiger partial charge is 0.355 e. The summed E-state index contributed by atoms with van der Waals surface area (Å²) in [5, 5.41) is 6.65. The minimum absolute atomic E-state index is 0.0785. The van der Waals surface area contributed by atoms with E-state index in [-0.39, 0.29) is 30.5 Å². The summed E-state index contributed by atoms with van der Waals surface area (Å²) in [4.78, 5) is 35.7. The topological polar surface area (TPSA) is 80.2 Å². The van der Waals surface area contributed by atoms with Gasteiger partial charge in [0.2, 0.25) is 11.8 Å². The first-order valence-electron chi connectivity index (χ1n) is 7.73. The van der Waals surface area contributed by atoms with Crippen molar-refractivity contribution in [2.75, 3.05) is 13.1 Å². The Morgan fingerprint density at radius 3 is 2.65 bits per heavy atom. The quantitative estimate of drug-likeness (QED) is 0.749. The summed E-state index contributed by atoms with van der Waals surface area (Å²) in [6.45, 7) is 2.46. The minimum Gasteiger partial charge on any atom is -0.355 e. The Kier molecular flexibility index (Phi) is 5.91. The number of fused-ring (bicyclic) bond motifs is 1. The highest BCUT2D eigenvalue weighted by Crippen LogP contribution is 2.07. The Balaban J connectivity index is 1.92. The molecule has 0 atom stereocenters. The van der Waals surface area contributed by atoms with Crippen molar-refractivity contribution in [1.82, 2.24) is 15.2 Å². The van der Waals surface area contributed by atoms with Gasteiger partial charge in [-0.1, -0.05) is 31.5 Å². The molecule has 0 aliphatic carbocycles. The lowest BCUT2D eigenvalue weighted by Gasteiger charge is -2.09. The molecule has 2 rings (SSSR count). The number of benzene rings is 1. The number of hydrogen-bond donors (Lipinski definition) is 2. The molecule has 122 valence electrons. The van der Waals surface area contributed by atoms with Crippen molar-refractivity contribution >= 4 is 22.6 Å². The Labute approximate surface area is 134 Å². The lowest BCUT2D eigenvalue weighted by atomic mass is 10.2. The number of carbonyl (C=O) groups excluding carboxylic acids is 2. The SMILES string of the molecule is CCCCNC(=O)CNC(=O)Cn1ccc2ccccc2c1=O. The maximum absolute atomic E-state index is 12.3. The van der Waals surface area contributed by atoms with Crippen LogP contribution in [0.4, 0.5) is 0 Å². The van der Waals surface area contributed by atoms with Crippen LogP contribution < -0.4 is 16.2 Å². The van der Waals surface area contributed by atoms with Crippen molar-refractivity contribution in [2.45, 2.75) is 26.3 Å². The van der Waals surface area contributed by atoms with Crippen LogP contribution in [0.25, 0.3) is 10.8 Å². The van der Waals surface area contributed by atoms with Gasteiger partial charge in [-0.2, -0.15) is 0 Å². The third kappa shape index (κ3) is 4.67. The number of hydrogen-bond acceptors (Lipinski definition) is 3. The summed E-state index contributed by atoms with van der Waals surface area (Å²) in [5.41, 5.74) is -0.217. The van der Waals surface area contributed by atoms with Crippen LogP contribution in [0.2, 0.25) is 0 Å². The first-order valence-corrected chi connectivity index (χ1v) is 7.73. The molecule has 6 nitrogen and oxygen atoms in total. The van der Waals surface area contributed by atoms with E-state index in [0.717, 1.165) is 18.2 Å². The fourth-order valence-corrected chi connectivity index (χ4v) is 2.21. The second-order valence-corrected chi connectivity index (χ2v) is 5.32. The Hall–Kier alpha value is -2.63. The van der Waals surface area contributed by atoms with Crippen LogP contribution in [0.1, 0.15) is 19.8 Å². The molecule has 2 aromatic rings. The van der Waals surface area contributed by atoms with Gasteiger partial charge in [0, 0.05) is 18.1 Å². The molecule has 6 heteroatoms. The zero-order chi connectivity index (χ0) is 16.7. The molecule has 0 radical (unpaired) electrons. The minimum atomic E-state index is -0.368. The molecule has 1 aromatic heterocycles. The van der Waals surface area contributed by atoms with Crippen LogP contribution in [0.15, 0.2) is 41.3 Å². The molecular weight excluding hydrogens is 294 g/mol. The highest BCUT2D eigenvalue weighted by molar-refractivity contribution is 5.85. The van der Waals surface area contributed by atoms with E-state index >= 15 is 0 Å². The molecule has 2 N–H and O–H groups in total. The Morgan fingerprint density at radius 1 is 1.09 bits per heavy atom. The van der Waals surface area contributed by atoms with E-state index in [4.69, 9.17) is 0 Å². The summed E-state index contributed by atoms with van der Waals surface area (Å²) >= 11 is 0. The first-order chi connectivity index (χ1) is 11.1. The normalized spacial score (nSPS) is 10.5. The predicted molar refractivity (Wildman–Crippen MR) is 89.1 cm³/mol. The lowest BCUT2D eigenvalue weighted by Crippen LogP contribution is -2.39. The number of aromatic nitrogens is 1. The van der Waals surface area contributed by atoms with Gasteiger partial charge in [-0.25, -0.2) is 0 Å². The van der Waals surface area contributed by atoms with Crippen LogP contribution in [0.5, 0.6) is 0 Å². The molecule has 23 heavy (non-hydrogen) atoms. The second kappa shape index (κ2) is 8.12. The van der Waals surface area contributed by atoms with Gasteiger partial charge in [-0.15, -0.1) is 0 Å². The van der Waals surface area contributed by atoms with Gasteiger partial charge in [0.05, 0.1) is 6.54 Å². The van der Waals surface area contributed by atoms with Gasteiger partial charge < -0.3 is 15.2 Å². The highest BCUT2D eigenvalue weighted by Gasteiger charge is 2.08. The number of nitrogens with zero attached hydrogens (tertiary/aromatic N) is 1. The number of nitrogens with one attached hydrogen (secondary N) is 2. The fraction of sp³-hybridized carbons (Fsp3) is 0.353. The average molecular weight is 315 g/mol. The van der Waals surface area contributed by atoms with Crippen molar-refractivity contribution < 1.29 is 9.59 Å². The van der Waals surface area contributed by atoms with Gasteiger partial charge in [-0.3, -0.25) is 14.4 Å². The molecular formula is C17H21N3O3. The van der Waals surface area contributed by atoms with Gasteiger partial charge in [0.25, 0.3) is 5.56 Å². The molecule has 2 amide bonds. The zero-order valence-corrected chi connectivity index (χ0v) is 13.2. The van der Waals surface area contributed by atoms with Crippen LogP contribution in [-0.2, 0) is 16.1 Å². The van der Waals surface area contributed by atoms with Crippen LogP contribution >= 0.6 is 0 Å². The highest BCUT2D eigenvalue weighted by atomic mass is 16.2. The van der Waals surface area contributed by atoms with Crippen LogP contribution in [0, 0.1) is 0 Å². The number of amides is 2. The Morgan fingerprint density at radius 2 is 1.87 bits per heavy atom.